The smallest absolute Gasteiger partial charge is 0.0577 e. The van der Waals surface area contributed by atoms with E-state index >= 15 is 0 Å². The number of unbranched alkanes of at least 4 members (excludes halogenated alkanes) is 11. The Bertz CT molecular complexity index is 222. The summed E-state index contributed by atoms with van der Waals surface area (Å²) in [6.07, 6.45) is 21.1. The fourth-order valence-corrected chi connectivity index (χ4v) is 3.40. The molecule has 132 valence electrons. The molecular weight excluding hydrogens is 272 g/mol. The van der Waals surface area contributed by atoms with E-state index in [0.717, 1.165) is 32.3 Å². The van der Waals surface area contributed by atoms with Gasteiger partial charge in [0.1, 0.15) is 0 Å². The Morgan fingerprint density at radius 2 is 1.14 bits per heavy atom. The van der Waals surface area contributed by atoms with Crippen LogP contribution in [-0.2, 0) is 4.74 Å². The number of hydrogen-bond acceptors (Lipinski definition) is 2. The summed E-state index contributed by atoms with van der Waals surface area (Å²) in [5.74, 6) is 0. The van der Waals surface area contributed by atoms with Crippen LogP contribution in [0.5, 0.6) is 0 Å². The second kappa shape index (κ2) is 14.5. The van der Waals surface area contributed by atoms with Crippen LogP contribution in [0, 0.1) is 0 Å². The van der Waals surface area contributed by atoms with E-state index in [-0.39, 0.29) is 6.10 Å². The van der Waals surface area contributed by atoms with Gasteiger partial charge >= 0.3 is 0 Å². The summed E-state index contributed by atoms with van der Waals surface area (Å²) in [7, 11) is 0. The first-order chi connectivity index (χ1) is 10.8. The Labute approximate surface area is 139 Å². The molecule has 1 aliphatic rings. The number of aliphatic hydroxyl groups excluding tert-OH is 1. The van der Waals surface area contributed by atoms with Gasteiger partial charge in [0.25, 0.3) is 0 Å². The number of ether oxygens (including phenoxy) is 1. The lowest BCUT2D eigenvalue weighted by molar-refractivity contribution is -0.00447. The van der Waals surface area contributed by atoms with Crippen molar-refractivity contribution in [2.75, 3.05) is 6.61 Å². The van der Waals surface area contributed by atoms with Crippen molar-refractivity contribution >= 4 is 0 Å². The molecule has 0 unspecified atom stereocenters. The van der Waals surface area contributed by atoms with Gasteiger partial charge < -0.3 is 9.84 Å². The van der Waals surface area contributed by atoms with Crippen LogP contribution in [-0.4, -0.2) is 23.9 Å². The molecule has 0 radical (unpaired) electrons. The second-order valence-electron chi connectivity index (χ2n) is 7.19. The highest BCUT2D eigenvalue weighted by Gasteiger charge is 2.19. The molecule has 0 saturated heterocycles. The zero-order valence-electron chi connectivity index (χ0n) is 15.0. The standard InChI is InChI=1S/C20H40O2/c1-2-3-4-5-6-7-8-9-10-11-12-13-18-22-20-16-14-19(21)15-17-20/h19-21H,2-18H2,1H3. The van der Waals surface area contributed by atoms with E-state index in [0.29, 0.717) is 6.10 Å². The van der Waals surface area contributed by atoms with E-state index in [1.165, 1.54) is 77.0 Å². The molecule has 0 aromatic heterocycles. The number of rotatable bonds is 14. The SMILES string of the molecule is CCCCCCCCCCCCCCOC1CCC(O)CC1. The predicted molar refractivity (Wildman–Crippen MR) is 95.3 cm³/mol. The van der Waals surface area contributed by atoms with Gasteiger partial charge in [0.2, 0.25) is 0 Å². The first-order valence-corrected chi connectivity index (χ1v) is 10.1. The summed E-state index contributed by atoms with van der Waals surface area (Å²) < 4.78 is 5.91. The summed E-state index contributed by atoms with van der Waals surface area (Å²) in [6.45, 7) is 3.21. The highest BCUT2D eigenvalue weighted by molar-refractivity contribution is 4.71. The van der Waals surface area contributed by atoms with Crippen molar-refractivity contribution < 1.29 is 9.84 Å². The summed E-state index contributed by atoms with van der Waals surface area (Å²) in [6, 6.07) is 0. The molecule has 1 saturated carbocycles. The molecule has 0 heterocycles. The summed E-state index contributed by atoms with van der Waals surface area (Å²) in [5, 5.41) is 9.46. The van der Waals surface area contributed by atoms with Crippen LogP contribution in [0.3, 0.4) is 0 Å². The third-order valence-corrected chi connectivity index (χ3v) is 5.00. The first-order valence-electron chi connectivity index (χ1n) is 10.1. The maximum Gasteiger partial charge on any atom is 0.0577 e. The maximum absolute atomic E-state index is 9.46. The van der Waals surface area contributed by atoms with Crippen LogP contribution in [0.4, 0.5) is 0 Å². The Kier molecular flexibility index (Phi) is 13.2. The summed E-state index contributed by atoms with van der Waals surface area (Å²) in [5.41, 5.74) is 0. The van der Waals surface area contributed by atoms with Crippen LogP contribution in [0.15, 0.2) is 0 Å². The predicted octanol–water partition coefficient (Wildman–Crippen LogP) is 6.01. The highest BCUT2D eigenvalue weighted by atomic mass is 16.5. The van der Waals surface area contributed by atoms with Gasteiger partial charge in [-0.05, 0) is 32.1 Å². The van der Waals surface area contributed by atoms with Crippen LogP contribution in [0.2, 0.25) is 0 Å². The van der Waals surface area contributed by atoms with Crippen LogP contribution >= 0.6 is 0 Å². The van der Waals surface area contributed by atoms with Crippen LogP contribution in [0.25, 0.3) is 0 Å². The van der Waals surface area contributed by atoms with E-state index in [1.807, 2.05) is 0 Å². The molecule has 1 rings (SSSR count). The lowest BCUT2D eigenvalue weighted by Gasteiger charge is -2.25. The minimum absolute atomic E-state index is 0.0634. The molecule has 0 bridgehead atoms. The summed E-state index contributed by atoms with van der Waals surface area (Å²) in [4.78, 5) is 0. The van der Waals surface area contributed by atoms with Crippen molar-refractivity contribution in [1.82, 2.24) is 0 Å². The summed E-state index contributed by atoms with van der Waals surface area (Å²) >= 11 is 0. The maximum atomic E-state index is 9.46. The Hall–Kier alpha value is -0.0800. The quantitative estimate of drug-likeness (QED) is 0.398. The van der Waals surface area contributed by atoms with Crippen molar-refractivity contribution in [2.45, 2.75) is 122 Å². The van der Waals surface area contributed by atoms with Crippen molar-refractivity contribution in [3.05, 3.63) is 0 Å². The minimum Gasteiger partial charge on any atom is -0.393 e. The second-order valence-corrected chi connectivity index (χ2v) is 7.19. The van der Waals surface area contributed by atoms with Crippen molar-refractivity contribution in [3.8, 4) is 0 Å². The van der Waals surface area contributed by atoms with E-state index in [2.05, 4.69) is 6.92 Å². The molecule has 0 amide bonds. The van der Waals surface area contributed by atoms with Gasteiger partial charge in [0, 0.05) is 6.61 Å². The van der Waals surface area contributed by atoms with Crippen LogP contribution < -0.4 is 0 Å². The molecule has 0 aromatic rings. The molecule has 1 aliphatic carbocycles. The zero-order chi connectivity index (χ0) is 15.9. The van der Waals surface area contributed by atoms with Crippen molar-refractivity contribution in [2.24, 2.45) is 0 Å². The van der Waals surface area contributed by atoms with Gasteiger partial charge in [-0.15, -0.1) is 0 Å². The molecule has 0 aromatic carbocycles. The van der Waals surface area contributed by atoms with Gasteiger partial charge in [-0.25, -0.2) is 0 Å². The lowest BCUT2D eigenvalue weighted by Crippen LogP contribution is -2.24. The van der Waals surface area contributed by atoms with E-state index in [4.69, 9.17) is 4.74 Å². The van der Waals surface area contributed by atoms with E-state index in [1.54, 1.807) is 0 Å². The topological polar surface area (TPSA) is 29.5 Å². The van der Waals surface area contributed by atoms with Crippen molar-refractivity contribution in [1.29, 1.82) is 0 Å². The van der Waals surface area contributed by atoms with Crippen LogP contribution in [0.1, 0.15) is 110 Å². The normalized spacial score (nSPS) is 22.1. The monoisotopic (exact) mass is 312 g/mol. The third kappa shape index (κ3) is 11.5. The molecule has 22 heavy (non-hydrogen) atoms. The molecule has 1 N–H and O–H groups in total. The largest absolute Gasteiger partial charge is 0.393 e. The minimum atomic E-state index is -0.0634. The Balaban J connectivity index is 1.71. The molecule has 2 nitrogen and oxygen atoms in total. The Morgan fingerprint density at radius 1 is 0.682 bits per heavy atom. The van der Waals surface area contributed by atoms with Crippen molar-refractivity contribution in [3.63, 3.8) is 0 Å². The third-order valence-electron chi connectivity index (χ3n) is 5.00. The molecule has 0 aliphatic heterocycles. The molecule has 0 spiro atoms. The average Bonchev–Trinajstić information content (AvgIpc) is 2.53. The number of hydrogen-bond donors (Lipinski definition) is 1. The molecular formula is C20H40O2. The fourth-order valence-electron chi connectivity index (χ4n) is 3.40. The molecule has 2 heteroatoms. The number of aliphatic hydroxyl groups is 1. The van der Waals surface area contributed by atoms with Gasteiger partial charge in [-0.2, -0.15) is 0 Å². The highest BCUT2D eigenvalue weighted by Crippen LogP contribution is 2.21. The van der Waals surface area contributed by atoms with Gasteiger partial charge in [-0.3, -0.25) is 0 Å². The van der Waals surface area contributed by atoms with E-state index in [9.17, 15) is 5.11 Å². The molecule has 1 fully saturated rings. The van der Waals surface area contributed by atoms with Gasteiger partial charge in [0.05, 0.1) is 12.2 Å². The zero-order valence-corrected chi connectivity index (χ0v) is 15.0. The fraction of sp³-hybridized carbons (Fsp3) is 1.00. The van der Waals surface area contributed by atoms with Gasteiger partial charge in [0.15, 0.2) is 0 Å². The molecule has 0 atom stereocenters. The van der Waals surface area contributed by atoms with E-state index < -0.39 is 0 Å². The average molecular weight is 313 g/mol. The Morgan fingerprint density at radius 3 is 1.64 bits per heavy atom. The first kappa shape index (κ1) is 20.0. The van der Waals surface area contributed by atoms with Gasteiger partial charge in [-0.1, -0.05) is 77.6 Å². The lowest BCUT2D eigenvalue weighted by atomic mass is 9.95.